The smallest absolute Gasteiger partial charge is 0.154 e. The van der Waals surface area contributed by atoms with Crippen LogP contribution in [0.1, 0.15) is 37.7 Å². The molecule has 0 aromatic heterocycles. The molecule has 4 heteroatoms. The minimum atomic E-state index is -0.740. The van der Waals surface area contributed by atoms with Gasteiger partial charge in [-0.2, -0.15) is 5.26 Å². The Morgan fingerprint density at radius 1 is 1.41 bits per heavy atom. The summed E-state index contributed by atoms with van der Waals surface area (Å²) in [4.78, 5) is 11.8. The van der Waals surface area contributed by atoms with E-state index in [1.807, 2.05) is 13.0 Å². The predicted octanol–water partition coefficient (Wildman–Crippen LogP) is 4.36. The number of ketones is 1. The molecule has 0 amide bonds. The van der Waals surface area contributed by atoms with E-state index in [2.05, 4.69) is 0 Å². The van der Waals surface area contributed by atoms with E-state index in [1.165, 1.54) is 0 Å². The molecular weight excluding hydrogens is 257 g/mol. The van der Waals surface area contributed by atoms with Gasteiger partial charge in [0, 0.05) is 6.42 Å². The second-order valence-corrected chi connectivity index (χ2v) is 4.62. The van der Waals surface area contributed by atoms with E-state index in [-0.39, 0.29) is 5.78 Å². The van der Waals surface area contributed by atoms with Gasteiger partial charge < -0.3 is 0 Å². The van der Waals surface area contributed by atoms with Crippen molar-refractivity contribution >= 4 is 29.0 Å². The number of halogens is 2. The molecule has 0 aliphatic rings. The largest absolute Gasteiger partial charge is 0.298 e. The maximum atomic E-state index is 11.8. The van der Waals surface area contributed by atoms with Crippen LogP contribution in [-0.2, 0) is 4.79 Å². The lowest BCUT2D eigenvalue weighted by atomic mass is 9.93. The monoisotopic (exact) mass is 269 g/mol. The average Bonchev–Trinajstić information content (AvgIpc) is 2.32. The molecule has 0 spiro atoms. The number of nitrogens with zero attached hydrogens (tertiary/aromatic N) is 1. The highest BCUT2D eigenvalue weighted by Crippen LogP contribution is 2.27. The number of carbonyl (C=O) groups is 1. The lowest BCUT2D eigenvalue weighted by Gasteiger charge is -2.09. The Bertz CT molecular complexity index is 451. The molecule has 1 unspecified atom stereocenters. The molecule has 0 radical (unpaired) electrons. The standard InChI is InChI=1S/C13H13Cl2NO/c1-2-3-4-13(17)10(8-16)9-5-6-11(14)12(15)7-9/h5-7,10H,2-4H2,1H3. The molecule has 1 rings (SSSR count). The third kappa shape index (κ3) is 3.73. The van der Waals surface area contributed by atoms with Crippen molar-refractivity contribution in [2.75, 3.05) is 0 Å². The number of hydrogen-bond donors (Lipinski definition) is 0. The molecule has 0 bridgehead atoms. The van der Waals surface area contributed by atoms with Crippen molar-refractivity contribution in [3.63, 3.8) is 0 Å². The van der Waals surface area contributed by atoms with Gasteiger partial charge in [0.25, 0.3) is 0 Å². The number of hydrogen-bond acceptors (Lipinski definition) is 2. The molecule has 0 N–H and O–H groups in total. The zero-order valence-corrected chi connectivity index (χ0v) is 11.1. The Balaban J connectivity index is 2.90. The SMILES string of the molecule is CCCCC(=O)C(C#N)c1ccc(Cl)c(Cl)c1. The Labute approximate surface area is 111 Å². The highest BCUT2D eigenvalue weighted by molar-refractivity contribution is 6.42. The van der Waals surface area contributed by atoms with Gasteiger partial charge in [-0.25, -0.2) is 0 Å². The van der Waals surface area contributed by atoms with E-state index in [1.54, 1.807) is 18.2 Å². The fraction of sp³-hybridized carbons (Fsp3) is 0.385. The summed E-state index contributed by atoms with van der Waals surface area (Å²) in [6.07, 6.45) is 2.17. The van der Waals surface area contributed by atoms with Gasteiger partial charge in [0.2, 0.25) is 0 Å². The van der Waals surface area contributed by atoms with E-state index in [4.69, 9.17) is 28.5 Å². The van der Waals surface area contributed by atoms with Crippen LogP contribution < -0.4 is 0 Å². The van der Waals surface area contributed by atoms with Crippen LogP contribution in [0.15, 0.2) is 18.2 Å². The normalized spacial score (nSPS) is 11.9. The van der Waals surface area contributed by atoms with Crippen molar-refractivity contribution in [2.45, 2.75) is 32.1 Å². The van der Waals surface area contributed by atoms with E-state index in [0.717, 1.165) is 12.8 Å². The van der Waals surface area contributed by atoms with Gasteiger partial charge >= 0.3 is 0 Å². The Hall–Kier alpha value is -1.04. The Morgan fingerprint density at radius 3 is 2.65 bits per heavy atom. The summed E-state index contributed by atoms with van der Waals surface area (Å²) in [5.74, 6) is -0.802. The summed E-state index contributed by atoms with van der Waals surface area (Å²) >= 11 is 11.7. The van der Waals surface area contributed by atoms with Crippen LogP contribution >= 0.6 is 23.2 Å². The lowest BCUT2D eigenvalue weighted by Crippen LogP contribution is -2.10. The van der Waals surface area contributed by atoms with Crippen LogP contribution in [0.3, 0.4) is 0 Å². The van der Waals surface area contributed by atoms with Crippen LogP contribution in [0.25, 0.3) is 0 Å². The summed E-state index contributed by atoms with van der Waals surface area (Å²) in [6, 6.07) is 6.89. The van der Waals surface area contributed by atoms with Gasteiger partial charge in [0.1, 0.15) is 5.92 Å². The topological polar surface area (TPSA) is 40.9 Å². The van der Waals surface area contributed by atoms with Gasteiger partial charge in [0.05, 0.1) is 16.1 Å². The first-order valence-corrected chi connectivity index (χ1v) is 6.23. The fourth-order valence-electron chi connectivity index (χ4n) is 1.52. The maximum Gasteiger partial charge on any atom is 0.154 e. The molecule has 0 saturated heterocycles. The minimum Gasteiger partial charge on any atom is -0.298 e. The molecule has 0 heterocycles. The average molecular weight is 270 g/mol. The molecule has 0 aliphatic heterocycles. The molecule has 0 fully saturated rings. The van der Waals surface area contributed by atoms with Crippen molar-refractivity contribution in [1.29, 1.82) is 5.26 Å². The number of benzene rings is 1. The van der Waals surface area contributed by atoms with Crippen LogP contribution in [0.5, 0.6) is 0 Å². The van der Waals surface area contributed by atoms with Gasteiger partial charge in [-0.05, 0) is 24.1 Å². The van der Waals surface area contributed by atoms with Gasteiger partial charge in [0.15, 0.2) is 5.78 Å². The second-order valence-electron chi connectivity index (χ2n) is 3.81. The van der Waals surface area contributed by atoms with Crippen LogP contribution in [0.2, 0.25) is 10.0 Å². The molecule has 1 aromatic rings. The van der Waals surface area contributed by atoms with E-state index >= 15 is 0 Å². The quantitative estimate of drug-likeness (QED) is 0.797. The van der Waals surface area contributed by atoms with Crippen molar-refractivity contribution in [3.05, 3.63) is 33.8 Å². The number of Topliss-reactive ketones (excluding diaryl/α,β-unsaturated/α-hetero) is 1. The minimum absolute atomic E-state index is 0.0623. The van der Waals surface area contributed by atoms with Gasteiger partial charge in [-0.15, -0.1) is 0 Å². The highest BCUT2D eigenvalue weighted by Gasteiger charge is 2.20. The third-order valence-electron chi connectivity index (χ3n) is 2.50. The lowest BCUT2D eigenvalue weighted by molar-refractivity contribution is -0.119. The van der Waals surface area contributed by atoms with E-state index in [0.29, 0.717) is 22.0 Å². The molecule has 0 saturated carbocycles. The molecule has 0 aliphatic carbocycles. The number of rotatable bonds is 5. The van der Waals surface area contributed by atoms with Gasteiger partial charge in [-0.3, -0.25) is 4.79 Å². The van der Waals surface area contributed by atoms with Crippen molar-refractivity contribution < 1.29 is 4.79 Å². The summed E-state index contributed by atoms with van der Waals surface area (Å²) in [7, 11) is 0. The number of carbonyl (C=O) groups excluding carboxylic acids is 1. The van der Waals surface area contributed by atoms with Crippen LogP contribution in [-0.4, -0.2) is 5.78 Å². The first kappa shape index (κ1) is 14.0. The van der Waals surface area contributed by atoms with Crippen LogP contribution in [0, 0.1) is 11.3 Å². The molecular formula is C13H13Cl2NO. The summed E-state index contributed by atoms with van der Waals surface area (Å²) in [6.45, 7) is 2.01. The summed E-state index contributed by atoms with van der Waals surface area (Å²) in [5.41, 5.74) is 0.614. The van der Waals surface area contributed by atoms with Gasteiger partial charge in [-0.1, -0.05) is 42.6 Å². The molecule has 17 heavy (non-hydrogen) atoms. The van der Waals surface area contributed by atoms with Crippen molar-refractivity contribution in [3.8, 4) is 6.07 Å². The van der Waals surface area contributed by atoms with Crippen molar-refractivity contribution in [2.24, 2.45) is 0 Å². The van der Waals surface area contributed by atoms with Crippen molar-refractivity contribution in [1.82, 2.24) is 0 Å². The zero-order chi connectivity index (χ0) is 12.8. The fourth-order valence-corrected chi connectivity index (χ4v) is 1.83. The van der Waals surface area contributed by atoms with E-state index < -0.39 is 5.92 Å². The zero-order valence-electron chi connectivity index (χ0n) is 9.54. The third-order valence-corrected chi connectivity index (χ3v) is 3.24. The Morgan fingerprint density at radius 2 is 2.12 bits per heavy atom. The molecule has 2 nitrogen and oxygen atoms in total. The first-order valence-electron chi connectivity index (χ1n) is 5.47. The summed E-state index contributed by atoms with van der Waals surface area (Å²) in [5, 5.41) is 9.85. The maximum absolute atomic E-state index is 11.8. The molecule has 1 aromatic carbocycles. The number of nitriles is 1. The van der Waals surface area contributed by atoms with E-state index in [9.17, 15) is 4.79 Å². The number of unbranched alkanes of at least 4 members (excludes halogenated alkanes) is 1. The second kappa shape index (κ2) is 6.64. The molecule has 1 atom stereocenters. The Kier molecular flexibility index (Phi) is 5.47. The molecule has 90 valence electrons. The highest BCUT2D eigenvalue weighted by atomic mass is 35.5. The first-order chi connectivity index (χ1) is 8.10. The predicted molar refractivity (Wildman–Crippen MR) is 69.3 cm³/mol. The van der Waals surface area contributed by atoms with Crippen LogP contribution in [0.4, 0.5) is 0 Å². The summed E-state index contributed by atoms with van der Waals surface area (Å²) < 4.78 is 0.